The molecule has 2 aliphatic rings. The molecule has 38 heavy (non-hydrogen) atoms. The van der Waals surface area contributed by atoms with Crippen LogP contribution in [-0.2, 0) is 11.3 Å². The van der Waals surface area contributed by atoms with Crippen LogP contribution in [0.5, 0.6) is 5.75 Å². The molecule has 1 spiro atoms. The SMILES string of the molecule is CCOc1ccccc1CN1CCC2(CC1)CCN(C(=O)c1ccc(C#N)cc1)CC2.O=C(O)C(F)(F)F. The molecule has 2 heterocycles. The van der Waals surface area contributed by atoms with E-state index in [1.807, 2.05) is 17.9 Å². The summed E-state index contributed by atoms with van der Waals surface area (Å²) >= 11 is 0. The van der Waals surface area contributed by atoms with Gasteiger partial charge in [-0.3, -0.25) is 9.69 Å². The van der Waals surface area contributed by atoms with Crippen molar-refractivity contribution >= 4 is 11.9 Å². The number of ether oxygens (including phenoxy) is 1. The van der Waals surface area contributed by atoms with Gasteiger partial charge >= 0.3 is 12.1 Å². The Labute approximate surface area is 220 Å². The highest BCUT2D eigenvalue weighted by molar-refractivity contribution is 5.94. The van der Waals surface area contributed by atoms with Gasteiger partial charge in [0.25, 0.3) is 5.91 Å². The summed E-state index contributed by atoms with van der Waals surface area (Å²) < 4.78 is 37.5. The van der Waals surface area contributed by atoms with Crippen LogP contribution in [0.3, 0.4) is 0 Å². The molecule has 2 aromatic rings. The van der Waals surface area contributed by atoms with Crippen molar-refractivity contribution in [3.05, 3.63) is 65.2 Å². The highest BCUT2D eigenvalue weighted by atomic mass is 19.4. The summed E-state index contributed by atoms with van der Waals surface area (Å²) in [6.45, 7) is 7.51. The molecule has 0 saturated carbocycles. The number of nitriles is 1. The van der Waals surface area contributed by atoms with Crippen LogP contribution in [0.2, 0.25) is 0 Å². The van der Waals surface area contributed by atoms with Gasteiger partial charge in [0.1, 0.15) is 5.75 Å². The fourth-order valence-electron chi connectivity index (χ4n) is 4.91. The maximum absolute atomic E-state index is 12.8. The number of benzene rings is 2. The van der Waals surface area contributed by atoms with Crippen molar-refractivity contribution in [3.8, 4) is 11.8 Å². The summed E-state index contributed by atoms with van der Waals surface area (Å²) in [4.78, 5) is 26.3. The Hall–Kier alpha value is -3.58. The number of carboxylic acids is 1. The molecule has 0 atom stereocenters. The first-order chi connectivity index (χ1) is 18.1. The molecule has 7 nitrogen and oxygen atoms in total. The number of carbonyl (C=O) groups is 2. The molecular weight excluding hydrogens is 499 g/mol. The zero-order valence-corrected chi connectivity index (χ0v) is 21.3. The third-order valence-electron chi connectivity index (χ3n) is 7.20. The summed E-state index contributed by atoms with van der Waals surface area (Å²) in [5.41, 5.74) is 2.91. The van der Waals surface area contributed by atoms with Crippen LogP contribution < -0.4 is 4.74 Å². The molecule has 204 valence electrons. The minimum atomic E-state index is -5.08. The maximum Gasteiger partial charge on any atom is 0.490 e. The van der Waals surface area contributed by atoms with Crippen molar-refractivity contribution in [2.24, 2.45) is 5.41 Å². The van der Waals surface area contributed by atoms with E-state index in [-0.39, 0.29) is 5.91 Å². The number of carboxylic acid groups (broad SMARTS) is 1. The Morgan fingerprint density at radius 3 is 2.08 bits per heavy atom. The Morgan fingerprint density at radius 2 is 1.55 bits per heavy atom. The molecule has 0 bridgehead atoms. The third kappa shape index (κ3) is 7.71. The lowest BCUT2D eigenvalue weighted by Crippen LogP contribution is -2.48. The zero-order valence-electron chi connectivity index (χ0n) is 21.3. The molecule has 4 rings (SSSR count). The van der Waals surface area contributed by atoms with Gasteiger partial charge < -0.3 is 14.7 Å². The highest BCUT2D eigenvalue weighted by Gasteiger charge is 2.39. The minimum absolute atomic E-state index is 0.0873. The molecule has 2 fully saturated rings. The summed E-state index contributed by atoms with van der Waals surface area (Å²) in [5, 5.41) is 16.1. The van der Waals surface area contributed by atoms with Crippen LogP contribution in [0.1, 0.15) is 54.1 Å². The summed E-state index contributed by atoms with van der Waals surface area (Å²) in [5.74, 6) is -1.67. The van der Waals surface area contributed by atoms with Crippen LogP contribution in [0.25, 0.3) is 0 Å². The molecule has 1 N–H and O–H groups in total. The molecule has 2 saturated heterocycles. The number of rotatable bonds is 5. The number of alkyl halides is 3. The van der Waals surface area contributed by atoms with Crippen LogP contribution >= 0.6 is 0 Å². The van der Waals surface area contributed by atoms with Gasteiger partial charge in [-0.2, -0.15) is 18.4 Å². The number of hydrogen-bond acceptors (Lipinski definition) is 5. The number of aliphatic carboxylic acids is 1. The number of para-hydroxylation sites is 1. The lowest BCUT2D eigenvalue weighted by Gasteiger charge is -2.47. The number of hydrogen-bond donors (Lipinski definition) is 1. The lowest BCUT2D eigenvalue weighted by atomic mass is 9.71. The van der Waals surface area contributed by atoms with Gasteiger partial charge in [-0.1, -0.05) is 18.2 Å². The second-order valence-corrected chi connectivity index (χ2v) is 9.60. The first-order valence-electron chi connectivity index (χ1n) is 12.6. The normalized spacial score (nSPS) is 17.2. The van der Waals surface area contributed by atoms with Crippen molar-refractivity contribution in [1.29, 1.82) is 5.26 Å². The third-order valence-corrected chi connectivity index (χ3v) is 7.20. The molecule has 0 radical (unpaired) electrons. The van der Waals surface area contributed by atoms with Gasteiger partial charge in [-0.15, -0.1) is 0 Å². The van der Waals surface area contributed by atoms with E-state index in [0.29, 0.717) is 23.1 Å². The average molecular weight is 532 g/mol. The summed E-state index contributed by atoms with van der Waals surface area (Å²) in [7, 11) is 0. The van der Waals surface area contributed by atoms with Crippen molar-refractivity contribution in [2.75, 3.05) is 32.8 Å². The topological polar surface area (TPSA) is 93.9 Å². The molecule has 1 amide bonds. The van der Waals surface area contributed by atoms with Crippen LogP contribution in [0.4, 0.5) is 13.2 Å². The largest absolute Gasteiger partial charge is 0.494 e. The van der Waals surface area contributed by atoms with E-state index in [2.05, 4.69) is 29.2 Å². The predicted octanol–water partition coefficient (Wildman–Crippen LogP) is 5.11. The van der Waals surface area contributed by atoms with Crippen molar-refractivity contribution in [1.82, 2.24) is 9.80 Å². The Morgan fingerprint density at radius 1 is 1.00 bits per heavy atom. The second kappa shape index (κ2) is 12.8. The number of halogens is 3. The van der Waals surface area contributed by atoms with Crippen molar-refractivity contribution in [3.63, 3.8) is 0 Å². The van der Waals surface area contributed by atoms with Crippen LogP contribution in [0.15, 0.2) is 48.5 Å². The first-order valence-corrected chi connectivity index (χ1v) is 12.6. The molecule has 0 aromatic heterocycles. The quantitative estimate of drug-likeness (QED) is 0.577. The Balaban J connectivity index is 0.000000505. The lowest BCUT2D eigenvalue weighted by molar-refractivity contribution is -0.192. The van der Waals surface area contributed by atoms with Gasteiger partial charge in [0.05, 0.1) is 18.2 Å². The predicted molar refractivity (Wildman–Crippen MR) is 135 cm³/mol. The minimum Gasteiger partial charge on any atom is -0.494 e. The van der Waals surface area contributed by atoms with Gasteiger partial charge in [0.2, 0.25) is 0 Å². The molecular formula is C28H32F3N3O4. The molecule has 10 heteroatoms. The number of amides is 1. The van der Waals surface area contributed by atoms with Crippen molar-refractivity contribution in [2.45, 2.75) is 45.3 Å². The number of nitrogens with zero attached hydrogens (tertiary/aromatic N) is 3. The fourth-order valence-corrected chi connectivity index (χ4v) is 4.91. The number of likely N-dealkylation sites (tertiary alicyclic amines) is 2. The van der Waals surface area contributed by atoms with E-state index in [1.165, 1.54) is 18.4 Å². The number of carbonyl (C=O) groups excluding carboxylic acids is 1. The van der Waals surface area contributed by atoms with Crippen LogP contribution in [-0.4, -0.2) is 65.7 Å². The second-order valence-electron chi connectivity index (χ2n) is 9.60. The fraction of sp³-hybridized carbons (Fsp3) is 0.464. The average Bonchev–Trinajstić information content (AvgIpc) is 2.91. The van der Waals surface area contributed by atoms with E-state index in [1.54, 1.807) is 24.3 Å². The summed E-state index contributed by atoms with van der Waals surface area (Å²) in [6.07, 6.45) is -0.526. The van der Waals surface area contributed by atoms with Crippen molar-refractivity contribution < 1.29 is 32.6 Å². The molecule has 2 aromatic carbocycles. The highest BCUT2D eigenvalue weighted by Crippen LogP contribution is 2.42. The van der Waals surface area contributed by atoms with Gasteiger partial charge in [0.15, 0.2) is 0 Å². The standard InChI is InChI=1S/C26H31N3O2.C2HF3O2/c1-2-31-24-6-4-3-5-23(24)20-28-15-11-26(12-16-28)13-17-29(18-14-26)25(30)22-9-7-21(19-27)8-10-22;3-2(4,5)1(6)7/h3-10H,2,11-18,20H2,1H3;(H,6,7). The first kappa shape index (κ1) is 29.0. The van der Waals surface area contributed by atoms with E-state index in [0.717, 1.165) is 51.3 Å². The van der Waals surface area contributed by atoms with Gasteiger partial charge in [-0.25, -0.2) is 4.79 Å². The van der Waals surface area contributed by atoms with Crippen LogP contribution in [0, 0.1) is 16.7 Å². The zero-order chi connectivity index (χ0) is 27.8. The van der Waals surface area contributed by atoms with E-state index >= 15 is 0 Å². The molecule has 0 unspecified atom stereocenters. The molecule has 2 aliphatic heterocycles. The monoisotopic (exact) mass is 531 g/mol. The number of piperidine rings is 2. The Kier molecular flexibility index (Phi) is 9.75. The van der Waals surface area contributed by atoms with Gasteiger partial charge in [-0.05, 0) is 81.4 Å². The maximum atomic E-state index is 12.8. The molecule has 0 aliphatic carbocycles. The Bertz CT molecular complexity index is 1130. The van der Waals surface area contributed by atoms with Gasteiger partial charge in [0, 0.05) is 30.8 Å². The van der Waals surface area contributed by atoms with E-state index in [9.17, 15) is 18.0 Å². The van der Waals surface area contributed by atoms with E-state index in [4.69, 9.17) is 19.9 Å². The van der Waals surface area contributed by atoms with E-state index < -0.39 is 12.1 Å². The summed E-state index contributed by atoms with van der Waals surface area (Å²) in [6, 6.07) is 17.4. The smallest absolute Gasteiger partial charge is 0.490 e.